The molecule has 0 amide bonds. The lowest BCUT2D eigenvalue weighted by molar-refractivity contribution is -0.161. The largest absolute Gasteiger partial charge is 0.472 e. The predicted octanol–water partition coefficient (Wildman–Crippen LogP) is 6.21. The third-order valence-corrected chi connectivity index (χ3v) is 6.73. The van der Waals surface area contributed by atoms with Gasteiger partial charge in [-0.15, -0.1) is 0 Å². The lowest BCUT2D eigenvalue weighted by Crippen LogP contribution is -2.29. The van der Waals surface area contributed by atoms with Gasteiger partial charge in [0, 0.05) is 19.4 Å². The number of phosphoric ester groups is 1. The summed E-state index contributed by atoms with van der Waals surface area (Å²) in [5.41, 5.74) is 5.28. The van der Waals surface area contributed by atoms with Crippen LogP contribution in [0.5, 0.6) is 0 Å². The molecule has 1 unspecified atom stereocenters. The highest BCUT2D eigenvalue weighted by Crippen LogP contribution is 2.43. The highest BCUT2D eigenvalue weighted by atomic mass is 31.2. The summed E-state index contributed by atoms with van der Waals surface area (Å²) in [6.45, 7) is 3.61. The molecule has 0 aliphatic heterocycles. The van der Waals surface area contributed by atoms with Gasteiger partial charge in [0.1, 0.15) is 6.61 Å². The van der Waals surface area contributed by atoms with Gasteiger partial charge in [0.15, 0.2) is 6.10 Å². The van der Waals surface area contributed by atoms with Crippen molar-refractivity contribution in [1.29, 1.82) is 0 Å². The second-order valence-corrected chi connectivity index (χ2v) is 10.7. The van der Waals surface area contributed by atoms with Crippen molar-refractivity contribution < 1.29 is 37.6 Å². The molecule has 36 heavy (non-hydrogen) atoms. The van der Waals surface area contributed by atoms with E-state index in [0.29, 0.717) is 6.42 Å². The van der Waals surface area contributed by atoms with Crippen LogP contribution in [0.15, 0.2) is 0 Å². The SMILES string of the molecule is CCCCCCCCCCC(=O)O[C@H](COC(=O)CCCCCCCCC)COP(=O)(O)OCCN. The molecule has 0 saturated carbocycles. The molecule has 0 spiro atoms. The van der Waals surface area contributed by atoms with E-state index >= 15 is 0 Å². The molecule has 0 fully saturated rings. The fourth-order valence-electron chi connectivity index (χ4n) is 3.63. The number of nitrogens with two attached hydrogens (primary N) is 1. The minimum absolute atomic E-state index is 0.0567. The minimum Gasteiger partial charge on any atom is -0.462 e. The Morgan fingerprint density at radius 2 is 1.19 bits per heavy atom. The smallest absolute Gasteiger partial charge is 0.462 e. The van der Waals surface area contributed by atoms with E-state index in [2.05, 4.69) is 13.8 Å². The van der Waals surface area contributed by atoms with Crippen molar-refractivity contribution in [2.75, 3.05) is 26.4 Å². The van der Waals surface area contributed by atoms with Gasteiger partial charge in [-0.05, 0) is 12.8 Å². The summed E-state index contributed by atoms with van der Waals surface area (Å²) in [5.74, 6) is -0.840. The second kappa shape index (κ2) is 24.4. The molecule has 0 rings (SSSR count). The van der Waals surface area contributed by atoms with Gasteiger partial charge in [0.25, 0.3) is 0 Å². The first-order valence-corrected chi connectivity index (χ1v) is 15.5. The molecule has 0 aliphatic rings. The molecule has 0 saturated heterocycles. The van der Waals surface area contributed by atoms with E-state index in [1.165, 1.54) is 51.4 Å². The lowest BCUT2D eigenvalue weighted by atomic mass is 10.1. The third kappa shape index (κ3) is 23.4. The van der Waals surface area contributed by atoms with E-state index in [4.69, 9.17) is 24.3 Å². The normalized spacial score (nSPS) is 13.8. The summed E-state index contributed by atoms with van der Waals surface area (Å²) in [6.07, 6.45) is 16.0. The molecule has 214 valence electrons. The number of carbonyl (C=O) groups excluding carboxylic acids is 2. The molecular weight excluding hydrogens is 485 g/mol. The van der Waals surface area contributed by atoms with Crippen LogP contribution in [0.3, 0.4) is 0 Å². The predicted molar refractivity (Wildman–Crippen MR) is 141 cm³/mol. The molecule has 0 aromatic heterocycles. The Morgan fingerprint density at radius 1 is 0.722 bits per heavy atom. The number of hydrogen-bond acceptors (Lipinski definition) is 8. The van der Waals surface area contributed by atoms with Gasteiger partial charge in [-0.25, -0.2) is 4.57 Å². The van der Waals surface area contributed by atoms with Crippen molar-refractivity contribution in [2.45, 2.75) is 129 Å². The quantitative estimate of drug-likeness (QED) is 0.0750. The highest BCUT2D eigenvalue weighted by molar-refractivity contribution is 7.47. The van der Waals surface area contributed by atoms with Crippen molar-refractivity contribution in [3.63, 3.8) is 0 Å². The van der Waals surface area contributed by atoms with Gasteiger partial charge in [-0.1, -0.05) is 97.3 Å². The molecule has 2 atom stereocenters. The van der Waals surface area contributed by atoms with E-state index < -0.39 is 26.5 Å². The van der Waals surface area contributed by atoms with E-state index in [-0.39, 0.29) is 38.6 Å². The van der Waals surface area contributed by atoms with Crippen molar-refractivity contribution >= 4 is 19.8 Å². The van der Waals surface area contributed by atoms with E-state index in [9.17, 15) is 19.0 Å². The standard InChI is InChI=1S/C26H52NO8P/c1-3-5-7-9-11-13-15-17-19-26(29)35-24(23-34-36(30,31)33-21-20-27)22-32-25(28)18-16-14-12-10-8-6-4-2/h24H,3-23,27H2,1-2H3,(H,30,31)/t24-/m1/s1. The summed E-state index contributed by atoms with van der Waals surface area (Å²) in [6, 6.07) is 0. The molecule has 0 radical (unpaired) electrons. The van der Waals surface area contributed by atoms with Crippen LogP contribution >= 0.6 is 7.82 Å². The van der Waals surface area contributed by atoms with E-state index in [1.54, 1.807) is 0 Å². The maximum atomic E-state index is 12.3. The van der Waals surface area contributed by atoms with Crippen LogP contribution in [0.25, 0.3) is 0 Å². The van der Waals surface area contributed by atoms with Crippen LogP contribution in [0, 0.1) is 0 Å². The van der Waals surface area contributed by atoms with Crippen molar-refractivity contribution in [3.8, 4) is 0 Å². The summed E-state index contributed by atoms with van der Waals surface area (Å²) >= 11 is 0. The molecule has 3 N–H and O–H groups in total. The van der Waals surface area contributed by atoms with Gasteiger partial charge in [-0.2, -0.15) is 0 Å². The van der Waals surface area contributed by atoms with Crippen molar-refractivity contribution in [3.05, 3.63) is 0 Å². The number of unbranched alkanes of at least 4 members (excludes halogenated alkanes) is 13. The Hall–Kier alpha value is -0.990. The van der Waals surface area contributed by atoms with Gasteiger partial charge in [0.05, 0.1) is 13.2 Å². The van der Waals surface area contributed by atoms with E-state index in [1.807, 2.05) is 0 Å². The zero-order valence-corrected chi connectivity index (χ0v) is 23.7. The molecule has 9 nitrogen and oxygen atoms in total. The first-order chi connectivity index (χ1) is 17.3. The molecule has 10 heteroatoms. The maximum absolute atomic E-state index is 12.3. The number of phosphoric acid groups is 1. The van der Waals surface area contributed by atoms with Crippen LogP contribution in [-0.4, -0.2) is 49.3 Å². The summed E-state index contributed by atoms with van der Waals surface area (Å²) in [5, 5.41) is 0. The first kappa shape index (κ1) is 35.0. The average Bonchev–Trinajstić information content (AvgIpc) is 2.85. The average molecular weight is 538 g/mol. The number of rotatable bonds is 26. The summed E-state index contributed by atoms with van der Waals surface area (Å²) in [7, 11) is -4.34. The number of carbonyl (C=O) groups is 2. The molecule has 0 aromatic carbocycles. The zero-order chi connectivity index (χ0) is 26.9. The van der Waals surface area contributed by atoms with Crippen molar-refractivity contribution in [2.24, 2.45) is 5.73 Å². The van der Waals surface area contributed by atoms with Gasteiger partial charge < -0.3 is 20.1 Å². The Balaban J connectivity index is 4.39. The van der Waals surface area contributed by atoms with Crippen LogP contribution in [0.4, 0.5) is 0 Å². The first-order valence-electron chi connectivity index (χ1n) is 14.0. The van der Waals surface area contributed by atoms with Crippen LogP contribution < -0.4 is 5.73 Å². The molecule has 0 aromatic rings. The van der Waals surface area contributed by atoms with Crippen LogP contribution in [-0.2, 0) is 32.7 Å². The highest BCUT2D eigenvalue weighted by Gasteiger charge is 2.25. The topological polar surface area (TPSA) is 134 Å². The number of hydrogen-bond donors (Lipinski definition) is 2. The van der Waals surface area contributed by atoms with Crippen LogP contribution in [0.1, 0.15) is 123 Å². The molecule has 0 bridgehead atoms. The monoisotopic (exact) mass is 537 g/mol. The fraction of sp³-hybridized carbons (Fsp3) is 0.923. The Kier molecular flexibility index (Phi) is 23.7. The van der Waals surface area contributed by atoms with Gasteiger partial charge in [0.2, 0.25) is 0 Å². The molecule has 0 aliphatic carbocycles. The Morgan fingerprint density at radius 3 is 1.69 bits per heavy atom. The van der Waals surface area contributed by atoms with Gasteiger partial charge >= 0.3 is 19.8 Å². The number of ether oxygens (including phenoxy) is 2. The van der Waals surface area contributed by atoms with Gasteiger partial charge in [-0.3, -0.25) is 18.6 Å². The Bertz CT molecular complexity index is 590. The summed E-state index contributed by atoms with van der Waals surface area (Å²) < 4.78 is 32.2. The minimum atomic E-state index is -4.34. The molecular formula is C26H52NO8P. The van der Waals surface area contributed by atoms with Crippen molar-refractivity contribution in [1.82, 2.24) is 0 Å². The Labute approximate surface area is 218 Å². The second-order valence-electron chi connectivity index (χ2n) is 9.28. The fourth-order valence-corrected chi connectivity index (χ4v) is 4.40. The number of esters is 2. The maximum Gasteiger partial charge on any atom is 0.472 e. The lowest BCUT2D eigenvalue weighted by Gasteiger charge is -2.19. The zero-order valence-electron chi connectivity index (χ0n) is 22.8. The molecule has 0 heterocycles. The summed E-state index contributed by atoms with van der Waals surface area (Å²) in [4.78, 5) is 34.1. The third-order valence-electron chi connectivity index (χ3n) is 5.74. The van der Waals surface area contributed by atoms with Crippen LogP contribution in [0.2, 0.25) is 0 Å². The van der Waals surface area contributed by atoms with E-state index in [0.717, 1.165) is 38.5 Å².